The van der Waals surface area contributed by atoms with E-state index in [-0.39, 0.29) is 0 Å². The van der Waals surface area contributed by atoms with E-state index in [4.69, 9.17) is 0 Å². The van der Waals surface area contributed by atoms with Gasteiger partial charge in [-0.2, -0.15) is 0 Å². The van der Waals surface area contributed by atoms with Crippen LogP contribution in [0.4, 0.5) is 0 Å². The van der Waals surface area contributed by atoms with Crippen LogP contribution in [0.2, 0.25) is 0 Å². The second-order valence-electron chi connectivity index (χ2n) is 7.70. The molecule has 0 saturated heterocycles. The maximum atomic E-state index is 2.40. The van der Waals surface area contributed by atoms with Crippen molar-refractivity contribution in [3.63, 3.8) is 0 Å². The standard InChI is InChI=1S/C30H24P2.GeI2/c1-5-15-25(16-6-1)31(26-17-7-2-8-18-26)29-23-13-14-24-30(29)32(27-19-9-3-10-20-27)28-21-11-4-12-22-28;2-1-3/h1-24H;/p+1. The predicted octanol–water partition coefficient (Wildman–Crippen LogP) is 6.33. The van der Waals surface area contributed by atoms with Crippen molar-refractivity contribution < 1.29 is 0 Å². The molecule has 172 valence electrons. The molecule has 0 heterocycles. The van der Waals surface area contributed by atoms with Gasteiger partial charge in [-0.3, -0.25) is 0 Å². The normalized spacial score (nSPS) is 10.6. The third-order valence-corrected chi connectivity index (χ3v) is 11.1. The Kier molecular flexibility index (Phi) is 11.3. The largest absolute Gasteiger partial charge is 0.110 e. The Morgan fingerprint density at radius 3 is 1.23 bits per heavy atom. The van der Waals surface area contributed by atoms with Crippen LogP contribution in [0.3, 0.4) is 0 Å². The minimum atomic E-state index is -1.15. The first-order valence-electron chi connectivity index (χ1n) is 11.3. The van der Waals surface area contributed by atoms with Crippen LogP contribution in [-0.4, -0.2) is 8.81 Å². The summed E-state index contributed by atoms with van der Waals surface area (Å²) in [5.74, 6) is 0. The third kappa shape index (κ3) is 7.26. The van der Waals surface area contributed by atoms with E-state index in [9.17, 15) is 0 Å². The topological polar surface area (TPSA) is 0 Å². The average molecular weight is 774 g/mol. The molecular weight excluding hydrogens is 749 g/mol. The summed E-state index contributed by atoms with van der Waals surface area (Å²) in [5, 5.41) is 8.57. The Labute approximate surface area is 240 Å². The van der Waals surface area contributed by atoms with Gasteiger partial charge in [0.1, 0.15) is 15.9 Å². The van der Waals surface area contributed by atoms with E-state index in [0.717, 1.165) is 0 Å². The molecule has 0 aliphatic heterocycles. The van der Waals surface area contributed by atoms with Crippen LogP contribution >= 0.6 is 56.3 Å². The van der Waals surface area contributed by atoms with Crippen molar-refractivity contribution in [2.45, 2.75) is 0 Å². The van der Waals surface area contributed by atoms with Gasteiger partial charge in [0, 0.05) is 5.30 Å². The summed E-state index contributed by atoms with van der Waals surface area (Å²) in [6, 6.07) is 53.2. The van der Waals surface area contributed by atoms with Crippen LogP contribution in [0.1, 0.15) is 0 Å². The zero-order valence-electron chi connectivity index (χ0n) is 19.1. The van der Waals surface area contributed by atoms with Crippen LogP contribution in [-0.2, 0) is 0 Å². The summed E-state index contributed by atoms with van der Waals surface area (Å²) in [6.45, 7) is 0. The summed E-state index contributed by atoms with van der Waals surface area (Å²) < 4.78 is 0. The fourth-order valence-electron chi connectivity index (χ4n) is 4.15. The quantitative estimate of drug-likeness (QED) is 0.108. The van der Waals surface area contributed by atoms with E-state index in [1.54, 1.807) is 0 Å². The Morgan fingerprint density at radius 1 is 0.457 bits per heavy atom. The summed E-state index contributed by atoms with van der Waals surface area (Å²) in [4.78, 5) is 0. The molecule has 0 unspecified atom stereocenters. The van der Waals surface area contributed by atoms with Crippen LogP contribution in [0, 0.1) is 0 Å². The molecule has 0 N–H and O–H groups in total. The maximum Gasteiger partial charge on any atom is 0.110 e. The third-order valence-electron chi connectivity index (χ3n) is 5.57. The molecule has 0 aromatic heterocycles. The summed E-state index contributed by atoms with van der Waals surface area (Å²) in [7, 11) is -1.36. The number of hydrogen-bond acceptors (Lipinski definition) is 0. The molecule has 0 saturated carbocycles. The molecular formula is C30H25GeI2P2+. The Bertz CT molecular complexity index is 1110. The van der Waals surface area contributed by atoms with Gasteiger partial charge in [0.15, 0.2) is 0 Å². The van der Waals surface area contributed by atoms with Crippen molar-refractivity contribution in [2.75, 3.05) is 0 Å². The molecule has 0 amide bonds. The SMILES string of the molecule is [I][Ge][I].c1ccc(P(c2ccccc2)c2ccccc2[PH+](c2ccccc2)c2ccccc2)cc1. The molecule has 5 aromatic rings. The van der Waals surface area contributed by atoms with E-state index in [1.165, 1.54) is 31.8 Å². The van der Waals surface area contributed by atoms with Crippen LogP contribution in [0.15, 0.2) is 146 Å². The molecule has 0 spiro atoms. The molecule has 0 atom stereocenters. The summed E-state index contributed by atoms with van der Waals surface area (Å²) in [5.41, 5.74) is 0. The fourth-order valence-corrected chi connectivity index (χ4v) is 9.77. The summed E-state index contributed by atoms with van der Waals surface area (Å²) >= 11 is 4.80. The molecule has 5 rings (SSSR count). The van der Waals surface area contributed by atoms with E-state index in [2.05, 4.69) is 186 Å². The van der Waals surface area contributed by atoms with E-state index in [0.29, 0.717) is 8.81 Å². The molecule has 0 fully saturated rings. The van der Waals surface area contributed by atoms with Crippen molar-refractivity contribution >= 4 is 96.9 Å². The summed E-state index contributed by atoms with van der Waals surface area (Å²) in [6.07, 6.45) is 0. The Hall–Kier alpha value is -1.04. The number of rotatable bonds is 6. The van der Waals surface area contributed by atoms with Crippen molar-refractivity contribution in [3.05, 3.63) is 146 Å². The maximum absolute atomic E-state index is 2.40. The van der Waals surface area contributed by atoms with Gasteiger partial charge in [-0.05, 0) is 54.9 Å². The second-order valence-corrected chi connectivity index (χ2v) is 29.0. The number of benzene rings is 5. The fraction of sp³-hybridized carbons (Fsp3) is 0. The van der Waals surface area contributed by atoms with Gasteiger partial charge in [-0.15, -0.1) is 0 Å². The predicted molar refractivity (Wildman–Crippen MR) is 179 cm³/mol. The van der Waals surface area contributed by atoms with Gasteiger partial charge in [-0.1, -0.05) is 109 Å². The Balaban J connectivity index is 0.000000917. The molecule has 0 aliphatic rings. The van der Waals surface area contributed by atoms with Crippen LogP contribution in [0.5, 0.6) is 0 Å². The first kappa shape index (κ1) is 27.0. The Morgan fingerprint density at radius 2 is 0.800 bits per heavy atom. The molecule has 0 aliphatic carbocycles. The van der Waals surface area contributed by atoms with Crippen molar-refractivity contribution in [1.29, 1.82) is 0 Å². The van der Waals surface area contributed by atoms with E-state index in [1.807, 2.05) is 0 Å². The molecule has 5 heteroatoms. The molecule has 0 bridgehead atoms. The number of hydrogen-bond donors (Lipinski definition) is 0. The molecule has 2 radical (unpaired) electrons. The first-order valence-corrected chi connectivity index (χ1v) is 26.9. The first-order chi connectivity index (χ1) is 17.3. The zero-order chi connectivity index (χ0) is 24.3. The van der Waals surface area contributed by atoms with E-state index >= 15 is 0 Å². The smallest absolute Gasteiger partial charge is 0.0622 e. The monoisotopic (exact) mass is 775 g/mol. The molecule has 0 nitrogen and oxygen atoms in total. The number of halogens is 2. The van der Waals surface area contributed by atoms with Gasteiger partial charge in [0.05, 0.1) is 7.92 Å². The van der Waals surface area contributed by atoms with Crippen LogP contribution in [0.25, 0.3) is 0 Å². The van der Waals surface area contributed by atoms with Gasteiger partial charge in [-0.25, -0.2) is 0 Å². The minimum Gasteiger partial charge on any atom is -0.0622 e. The minimum absolute atomic E-state index is 0.440. The molecule has 35 heavy (non-hydrogen) atoms. The van der Waals surface area contributed by atoms with E-state index < -0.39 is 15.8 Å². The average Bonchev–Trinajstić information content (AvgIpc) is 2.93. The zero-order valence-corrected chi connectivity index (χ0v) is 27.4. The van der Waals surface area contributed by atoms with Crippen molar-refractivity contribution in [2.24, 2.45) is 0 Å². The van der Waals surface area contributed by atoms with Gasteiger partial charge in [0.25, 0.3) is 0 Å². The van der Waals surface area contributed by atoms with Gasteiger partial charge < -0.3 is 0 Å². The second kappa shape index (κ2) is 14.6. The molecule has 5 aromatic carbocycles. The van der Waals surface area contributed by atoms with Crippen molar-refractivity contribution in [1.82, 2.24) is 0 Å². The van der Waals surface area contributed by atoms with Crippen LogP contribution < -0.4 is 31.8 Å². The van der Waals surface area contributed by atoms with Crippen molar-refractivity contribution in [3.8, 4) is 0 Å². The van der Waals surface area contributed by atoms with Gasteiger partial charge >= 0.3 is 49.2 Å². The van der Waals surface area contributed by atoms with Gasteiger partial charge in [0.2, 0.25) is 0 Å².